The molecule has 6 nitrogen and oxygen atoms in total. The van der Waals surface area contributed by atoms with Crippen LogP contribution in [0.1, 0.15) is 38.9 Å². The number of imidazole rings is 1. The predicted octanol–water partition coefficient (Wildman–Crippen LogP) is 4.29. The molecular weight excluding hydrogens is 405 g/mol. The Morgan fingerprint density at radius 2 is 1.88 bits per heavy atom. The molecular formula is C25H32FN5O. The zero-order chi connectivity index (χ0) is 22.5. The lowest BCUT2D eigenvalue weighted by Gasteiger charge is -2.36. The van der Waals surface area contributed by atoms with Gasteiger partial charge < -0.3 is 14.4 Å². The molecule has 0 aliphatic carbocycles. The third-order valence-electron chi connectivity index (χ3n) is 6.13. The molecule has 7 heteroatoms. The number of rotatable bonds is 8. The van der Waals surface area contributed by atoms with Crippen molar-refractivity contribution in [2.24, 2.45) is 5.92 Å². The number of benzene rings is 1. The maximum atomic E-state index is 14.0. The Balaban J connectivity index is 1.31. The first-order valence-electron chi connectivity index (χ1n) is 11.6. The van der Waals surface area contributed by atoms with Crippen LogP contribution in [-0.2, 0) is 17.8 Å². The average Bonchev–Trinajstić information content (AvgIpc) is 3.15. The van der Waals surface area contributed by atoms with Crippen LogP contribution in [0.15, 0.2) is 42.6 Å². The lowest BCUT2D eigenvalue weighted by molar-refractivity contribution is -0.131. The number of piperazine rings is 1. The number of anilines is 1. The number of nitrogens with zero attached hydrogens (tertiary/aromatic N) is 5. The number of hydrogen-bond donors (Lipinski definition) is 0. The number of carbonyl (C=O) groups is 1. The van der Waals surface area contributed by atoms with Gasteiger partial charge in [0, 0.05) is 51.8 Å². The highest BCUT2D eigenvalue weighted by molar-refractivity contribution is 5.76. The largest absolute Gasteiger partial charge is 0.366 e. The van der Waals surface area contributed by atoms with Gasteiger partial charge in [0.1, 0.15) is 17.2 Å². The molecule has 0 radical (unpaired) electrons. The van der Waals surface area contributed by atoms with Gasteiger partial charge in [-0.05, 0) is 43.0 Å². The highest BCUT2D eigenvalue weighted by atomic mass is 19.1. The Kier molecular flexibility index (Phi) is 7.02. The predicted molar refractivity (Wildman–Crippen MR) is 125 cm³/mol. The van der Waals surface area contributed by atoms with Gasteiger partial charge in [0.2, 0.25) is 5.91 Å². The fourth-order valence-corrected chi connectivity index (χ4v) is 4.28. The summed E-state index contributed by atoms with van der Waals surface area (Å²) in [4.78, 5) is 26.0. The normalized spacial score (nSPS) is 14.5. The Bertz CT molecular complexity index is 1060. The number of amides is 1. The monoisotopic (exact) mass is 437 g/mol. The average molecular weight is 438 g/mol. The van der Waals surface area contributed by atoms with Gasteiger partial charge in [-0.25, -0.2) is 14.4 Å². The van der Waals surface area contributed by atoms with Gasteiger partial charge in [0.25, 0.3) is 0 Å². The maximum Gasteiger partial charge on any atom is 0.222 e. The molecule has 1 aromatic carbocycles. The fourth-order valence-electron chi connectivity index (χ4n) is 4.28. The minimum atomic E-state index is -0.206. The Labute approximate surface area is 189 Å². The molecule has 3 aromatic rings. The van der Waals surface area contributed by atoms with Crippen molar-refractivity contribution < 1.29 is 9.18 Å². The van der Waals surface area contributed by atoms with E-state index in [4.69, 9.17) is 4.98 Å². The number of pyridine rings is 1. The van der Waals surface area contributed by atoms with Crippen molar-refractivity contribution >= 4 is 22.8 Å². The molecule has 32 heavy (non-hydrogen) atoms. The van der Waals surface area contributed by atoms with Gasteiger partial charge in [-0.3, -0.25) is 4.79 Å². The van der Waals surface area contributed by atoms with Gasteiger partial charge >= 0.3 is 0 Å². The van der Waals surface area contributed by atoms with Crippen LogP contribution in [0.25, 0.3) is 11.2 Å². The summed E-state index contributed by atoms with van der Waals surface area (Å²) in [6, 6.07) is 10.7. The zero-order valence-corrected chi connectivity index (χ0v) is 19.0. The number of para-hydroxylation sites is 1. The number of aryl methyl sites for hydroxylation is 2. The molecule has 4 rings (SSSR count). The molecule has 0 atom stereocenters. The Morgan fingerprint density at radius 3 is 2.62 bits per heavy atom. The standard InChI is InChI=1S/C25H32FN5O/c1-19(2)12-14-31-23(28-21-8-6-13-27-25(21)31)10-5-11-24(32)30-17-15-29(16-18-30)22-9-4-3-7-20(22)26/h3-4,6-9,13,19H,5,10-12,14-18H2,1-2H3. The molecule has 1 amide bonds. The molecule has 0 N–H and O–H groups in total. The Hall–Kier alpha value is -2.96. The molecule has 170 valence electrons. The van der Waals surface area contributed by atoms with Gasteiger partial charge in [0.15, 0.2) is 5.65 Å². The molecule has 1 saturated heterocycles. The van der Waals surface area contributed by atoms with E-state index in [1.54, 1.807) is 12.1 Å². The van der Waals surface area contributed by atoms with E-state index < -0.39 is 0 Å². The summed E-state index contributed by atoms with van der Waals surface area (Å²) in [5.74, 6) is 1.58. The molecule has 1 aliphatic rings. The fraction of sp³-hybridized carbons (Fsp3) is 0.480. The molecule has 0 unspecified atom stereocenters. The van der Waals surface area contributed by atoms with Gasteiger partial charge in [0.05, 0.1) is 5.69 Å². The second-order valence-corrected chi connectivity index (χ2v) is 8.88. The van der Waals surface area contributed by atoms with Crippen LogP contribution in [0, 0.1) is 11.7 Å². The number of aromatic nitrogens is 3. The number of halogens is 1. The van der Waals surface area contributed by atoms with E-state index in [1.165, 1.54) is 6.07 Å². The minimum absolute atomic E-state index is 0.168. The van der Waals surface area contributed by atoms with Crippen molar-refractivity contribution in [1.82, 2.24) is 19.4 Å². The van der Waals surface area contributed by atoms with Crippen LogP contribution in [0.2, 0.25) is 0 Å². The molecule has 0 saturated carbocycles. The first kappa shape index (κ1) is 22.2. The third-order valence-corrected chi connectivity index (χ3v) is 6.13. The van der Waals surface area contributed by atoms with E-state index in [-0.39, 0.29) is 11.7 Å². The molecule has 2 aromatic heterocycles. The first-order valence-corrected chi connectivity index (χ1v) is 11.6. The van der Waals surface area contributed by atoms with E-state index in [0.717, 1.165) is 42.8 Å². The van der Waals surface area contributed by atoms with Crippen LogP contribution in [0.4, 0.5) is 10.1 Å². The smallest absolute Gasteiger partial charge is 0.222 e. The van der Waals surface area contributed by atoms with Crippen molar-refractivity contribution in [2.45, 2.75) is 46.1 Å². The molecule has 0 bridgehead atoms. The quantitative estimate of drug-likeness (QED) is 0.528. The van der Waals surface area contributed by atoms with Gasteiger partial charge in [-0.1, -0.05) is 26.0 Å². The topological polar surface area (TPSA) is 54.3 Å². The summed E-state index contributed by atoms with van der Waals surface area (Å²) < 4.78 is 16.2. The number of carbonyl (C=O) groups excluding carboxylic acids is 1. The third kappa shape index (κ3) is 5.09. The van der Waals surface area contributed by atoms with Crippen LogP contribution >= 0.6 is 0 Å². The Morgan fingerprint density at radius 1 is 1.09 bits per heavy atom. The van der Waals surface area contributed by atoms with Crippen molar-refractivity contribution in [3.05, 3.63) is 54.2 Å². The van der Waals surface area contributed by atoms with Crippen molar-refractivity contribution in [3.8, 4) is 0 Å². The summed E-state index contributed by atoms with van der Waals surface area (Å²) in [5, 5.41) is 0. The van der Waals surface area contributed by atoms with E-state index >= 15 is 0 Å². The highest BCUT2D eigenvalue weighted by Crippen LogP contribution is 2.21. The van der Waals surface area contributed by atoms with Gasteiger partial charge in [-0.2, -0.15) is 0 Å². The molecule has 3 heterocycles. The summed E-state index contributed by atoms with van der Waals surface area (Å²) in [5.41, 5.74) is 2.47. The summed E-state index contributed by atoms with van der Waals surface area (Å²) in [7, 11) is 0. The minimum Gasteiger partial charge on any atom is -0.366 e. The lowest BCUT2D eigenvalue weighted by atomic mass is 10.1. The number of hydrogen-bond acceptors (Lipinski definition) is 4. The summed E-state index contributed by atoms with van der Waals surface area (Å²) >= 11 is 0. The van der Waals surface area contributed by atoms with E-state index in [0.29, 0.717) is 44.2 Å². The summed E-state index contributed by atoms with van der Waals surface area (Å²) in [6.07, 6.45) is 4.90. The maximum absolute atomic E-state index is 14.0. The highest BCUT2D eigenvalue weighted by Gasteiger charge is 2.22. The first-order chi connectivity index (χ1) is 15.5. The van der Waals surface area contributed by atoms with Crippen LogP contribution in [0.5, 0.6) is 0 Å². The van der Waals surface area contributed by atoms with Crippen molar-refractivity contribution in [2.75, 3.05) is 31.1 Å². The van der Waals surface area contributed by atoms with Crippen LogP contribution in [0.3, 0.4) is 0 Å². The second kappa shape index (κ2) is 10.1. The molecule has 0 spiro atoms. The van der Waals surface area contributed by atoms with Crippen LogP contribution < -0.4 is 4.90 Å². The van der Waals surface area contributed by atoms with E-state index in [9.17, 15) is 9.18 Å². The SMILES string of the molecule is CC(C)CCn1c(CCCC(=O)N2CCN(c3ccccc3F)CC2)nc2cccnc21. The van der Waals surface area contributed by atoms with Crippen molar-refractivity contribution in [3.63, 3.8) is 0 Å². The molecule has 1 fully saturated rings. The lowest BCUT2D eigenvalue weighted by Crippen LogP contribution is -2.49. The number of fused-ring (bicyclic) bond motifs is 1. The van der Waals surface area contributed by atoms with E-state index in [2.05, 4.69) is 23.4 Å². The van der Waals surface area contributed by atoms with Crippen LogP contribution in [-0.4, -0.2) is 51.5 Å². The van der Waals surface area contributed by atoms with Crippen molar-refractivity contribution in [1.29, 1.82) is 0 Å². The molecule has 1 aliphatic heterocycles. The van der Waals surface area contributed by atoms with E-state index in [1.807, 2.05) is 34.2 Å². The van der Waals surface area contributed by atoms with Gasteiger partial charge in [-0.15, -0.1) is 0 Å². The zero-order valence-electron chi connectivity index (χ0n) is 19.0. The second-order valence-electron chi connectivity index (χ2n) is 8.88. The summed E-state index contributed by atoms with van der Waals surface area (Å²) in [6.45, 7) is 7.90.